The van der Waals surface area contributed by atoms with Crippen LogP contribution in [0.1, 0.15) is 18.1 Å². The molecule has 1 aliphatic heterocycles. The van der Waals surface area contributed by atoms with Gasteiger partial charge in [-0.05, 0) is 0 Å². The van der Waals surface area contributed by atoms with Gasteiger partial charge in [-0.1, -0.05) is 0 Å². The van der Waals surface area contributed by atoms with Gasteiger partial charge in [-0.2, -0.15) is 13.2 Å². The van der Waals surface area contributed by atoms with Crippen LogP contribution in [-0.4, -0.2) is 38.2 Å². The van der Waals surface area contributed by atoms with Gasteiger partial charge in [0.1, 0.15) is 0 Å². The minimum absolute atomic E-state index is 0.0221. The summed E-state index contributed by atoms with van der Waals surface area (Å²) >= 11 is 0. The summed E-state index contributed by atoms with van der Waals surface area (Å²) in [6, 6.07) is -0.850. The predicted molar refractivity (Wildman–Crippen MR) is 61.9 cm³/mol. The standard InChI is InChI=1S/C11H12F3N5O/c1-2-3-7(15)9(20)18-4-5-19-8(6-18)16-17-10(19)11(12,13)14/h1,7H,3-6,15H2. The molecule has 6 nitrogen and oxygen atoms in total. The second kappa shape index (κ2) is 5.13. The first kappa shape index (κ1) is 14.3. The summed E-state index contributed by atoms with van der Waals surface area (Å²) in [6.45, 7) is 0.0388. The number of terminal acetylenes is 1. The molecule has 1 amide bonds. The van der Waals surface area contributed by atoms with Crippen molar-refractivity contribution in [3.8, 4) is 12.3 Å². The third-order valence-electron chi connectivity index (χ3n) is 2.97. The molecule has 2 rings (SSSR count). The normalized spacial score (nSPS) is 16.4. The van der Waals surface area contributed by atoms with Crippen LogP contribution in [0, 0.1) is 12.3 Å². The molecule has 0 fully saturated rings. The van der Waals surface area contributed by atoms with Gasteiger partial charge in [0, 0.05) is 19.5 Å². The first-order valence-electron chi connectivity index (χ1n) is 5.81. The van der Waals surface area contributed by atoms with E-state index in [1.54, 1.807) is 0 Å². The molecule has 1 aromatic heterocycles. The van der Waals surface area contributed by atoms with Crippen LogP contribution in [0.2, 0.25) is 0 Å². The molecule has 0 bridgehead atoms. The molecule has 0 spiro atoms. The fourth-order valence-electron chi connectivity index (χ4n) is 2.00. The molecule has 1 unspecified atom stereocenters. The molecule has 9 heteroatoms. The minimum atomic E-state index is -4.56. The van der Waals surface area contributed by atoms with Gasteiger partial charge in [-0.15, -0.1) is 22.5 Å². The molecule has 0 radical (unpaired) electrons. The molecule has 2 heterocycles. The number of carbonyl (C=O) groups excluding carboxylic acids is 1. The van der Waals surface area contributed by atoms with E-state index in [0.29, 0.717) is 0 Å². The maximum absolute atomic E-state index is 12.6. The lowest BCUT2D eigenvalue weighted by molar-refractivity contribution is -0.148. The van der Waals surface area contributed by atoms with Crippen molar-refractivity contribution < 1.29 is 18.0 Å². The summed E-state index contributed by atoms with van der Waals surface area (Å²) in [7, 11) is 0. The topological polar surface area (TPSA) is 77.0 Å². The Morgan fingerprint density at radius 1 is 1.45 bits per heavy atom. The summed E-state index contributed by atoms with van der Waals surface area (Å²) < 4.78 is 38.9. The Hall–Kier alpha value is -2.08. The third kappa shape index (κ3) is 2.60. The zero-order valence-electron chi connectivity index (χ0n) is 10.4. The molecule has 2 N–H and O–H groups in total. The fourth-order valence-corrected chi connectivity index (χ4v) is 2.00. The number of rotatable bonds is 2. The fraction of sp³-hybridized carbons (Fsp3) is 0.545. The molecule has 1 atom stereocenters. The van der Waals surface area contributed by atoms with Crippen LogP contribution < -0.4 is 5.73 Å². The number of nitrogens with zero attached hydrogens (tertiary/aromatic N) is 4. The van der Waals surface area contributed by atoms with Crippen LogP contribution in [0.25, 0.3) is 0 Å². The van der Waals surface area contributed by atoms with E-state index in [1.807, 2.05) is 0 Å². The highest BCUT2D eigenvalue weighted by atomic mass is 19.4. The first-order chi connectivity index (χ1) is 9.34. The quantitative estimate of drug-likeness (QED) is 0.776. The summed E-state index contributed by atoms with van der Waals surface area (Å²) in [6.07, 6.45) is 0.593. The van der Waals surface area contributed by atoms with Crippen molar-refractivity contribution in [3.63, 3.8) is 0 Å². The highest BCUT2D eigenvalue weighted by Gasteiger charge is 2.40. The minimum Gasteiger partial charge on any atom is -0.332 e. The Morgan fingerprint density at radius 2 is 2.15 bits per heavy atom. The van der Waals surface area contributed by atoms with E-state index in [-0.39, 0.29) is 31.9 Å². The number of carbonyl (C=O) groups is 1. The van der Waals surface area contributed by atoms with Crippen molar-refractivity contribution >= 4 is 5.91 Å². The Labute approximate surface area is 112 Å². The molecule has 0 aliphatic carbocycles. The van der Waals surface area contributed by atoms with Gasteiger partial charge in [0.15, 0.2) is 5.82 Å². The number of hydrogen-bond acceptors (Lipinski definition) is 4. The number of aromatic nitrogens is 3. The highest BCUT2D eigenvalue weighted by molar-refractivity contribution is 5.82. The van der Waals surface area contributed by atoms with Gasteiger partial charge in [-0.3, -0.25) is 4.79 Å². The maximum atomic E-state index is 12.6. The van der Waals surface area contributed by atoms with E-state index < -0.39 is 23.9 Å². The average molecular weight is 287 g/mol. The molecular weight excluding hydrogens is 275 g/mol. The second-order valence-corrected chi connectivity index (χ2v) is 4.36. The van der Waals surface area contributed by atoms with Crippen LogP contribution in [0.5, 0.6) is 0 Å². The van der Waals surface area contributed by atoms with Crippen LogP contribution in [0.3, 0.4) is 0 Å². The smallest absolute Gasteiger partial charge is 0.332 e. The summed E-state index contributed by atoms with van der Waals surface area (Å²) in [5.41, 5.74) is 5.60. The molecule has 108 valence electrons. The largest absolute Gasteiger partial charge is 0.451 e. The number of fused-ring (bicyclic) bond motifs is 1. The first-order valence-corrected chi connectivity index (χ1v) is 5.81. The summed E-state index contributed by atoms with van der Waals surface area (Å²) in [5.74, 6) is 0.918. The number of alkyl halides is 3. The molecule has 0 aromatic carbocycles. The maximum Gasteiger partial charge on any atom is 0.451 e. The van der Waals surface area contributed by atoms with Crippen LogP contribution in [-0.2, 0) is 24.1 Å². The second-order valence-electron chi connectivity index (χ2n) is 4.36. The van der Waals surface area contributed by atoms with Gasteiger partial charge < -0.3 is 15.2 Å². The van der Waals surface area contributed by atoms with Crippen molar-refractivity contribution in [2.45, 2.75) is 31.7 Å². The van der Waals surface area contributed by atoms with Gasteiger partial charge in [0.05, 0.1) is 12.6 Å². The Bertz CT molecular complexity index is 559. The van der Waals surface area contributed by atoms with E-state index in [4.69, 9.17) is 12.2 Å². The molecule has 20 heavy (non-hydrogen) atoms. The monoisotopic (exact) mass is 287 g/mol. The van der Waals surface area contributed by atoms with Crippen LogP contribution >= 0.6 is 0 Å². The lowest BCUT2D eigenvalue weighted by atomic mass is 10.2. The van der Waals surface area contributed by atoms with Gasteiger partial charge in [0.25, 0.3) is 0 Å². The highest BCUT2D eigenvalue weighted by Crippen LogP contribution is 2.29. The van der Waals surface area contributed by atoms with E-state index in [1.165, 1.54) is 4.90 Å². The van der Waals surface area contributed by atoms with Crippen molar-refractivity contribution in [1.82, 2.24) is 19.7 Å². The van der Waals surface area contributed by atoms with Crippen LogP contribution in [0.15, 0.2) is 0 Å². The molecule has 1 aliphatic rings. The third-order valence-corrected chi connectivity index (χ3v) is 2.97. The molecule has 1 aromatic rings. The lowest BCUT2D eigenvalue weighted by Gasteiger charge is -2.29. The predicted octanol–water partition coefficient (Wildman–Crippen LogP) is -0.0103. The number of amides is 1. The SMILES string of the molecule is C#CCC(N)C(=O)N1CCn2c(nnc2C(F)(F)F)C1. The van der Waals surface area contributed by atoms with E-state index in [9.17, 15) is 18.0 Å². The van der Waals surface area contributed by atoms with Crippen molar-refractivity contribution in [2.75, 3.05) is 6.54 Å². The van der Waals surface area contributed by atoms with E-state index in [0.717, 1.165) is 4.57 Å². The number of hydrogen-bond donors (Lipinski definition) is 1. The number of nitrogens with two attached hydrogens (primary N) is 1. The van der Waals surface area contributed by atoms with E-state index in [2.05, 4.69) is 16.1 Å². The molecular formula is C11H12F3N5O. The Balaban J connectivity index is 2.15. The Kier molecular flexibility index (Phi) is 3.67. The van der Waals surface area contributed by atoms with Crippen molar-refractivity contribution in [3.05, 3.63) is 11.6 Å². The van der Waals surface area contributed by atoms with Gasteiger partial charge in [-0.25, -0.2) is 0 Å². The van der Waals surface area contributed by atoms with Crippen LogP contribution in [0.4, 0.5) is 13.2 Å². The lowest BCUT2D eigenvalue weighted by Crippen LogP contribution is -2.47. The zero-order valence-corrected chi connectivity index (χ0v) is 10.4. The zero-order chi connectivity index (χ0) is 14.9. The molecule has 0 saturated carbocycles. The summed E-state index contributed by atoms with van der Waals surface area (Å²) in [4.78, 5) is 13.3. The van der Waals surface area contributed by atoms with E-state index >= 15 is 0 Å². The van der Waals surface area contributed by atoms with Gasteiger partial charge >= 0.3 is 6.18 Å². The summed E-state index contributed by atoms with van der Waals surface area (Å²) in [5, 5.41) is 6.61. The van der Waals surface area contributed by atoms with Crippen molar-refractivity contribution in [1.29, 1.82) is 0 Å². The number of halogens is 3. The average Bonchev–Trinajstić information content (AvgIpc) is 2.80. The van der Waals surface area contributed by atoms with Crippen molar-refractivity contribution in [2.24, 2.45) is 5.73 Å². The van der Waals surface area contributed by atoms with Gasteiger partial charge in [0.2, 0.25) is 11.7 Å². The Morgan fingerprint density at radius 3 is 2.75 bits per heavy atom. The molecule has 0 saturated heterocycles.